The Balaban J connectivity index is 2.20. The van der Waals surface area contributed by atoms with Gasteiger partial charge in [0.1, 0.15) is 0 Å². The van der Waals surface area contributed by atoms with Crippen LogP contribution < -0.4 is 10.6 Å². The van der Waals surface area contributed by atoms with Crippen LogP contribution in [0.15, 0.2) is 18.2 Å². The van der Waals surface area contributed by atoms with E-state index in [1.807, 2.05) is 37.4 Å². The van der Waals surface area contributed by atoms with Crippen molar-refractivity contribution in [1.82, 2.24) is 20.8 Å². The van der Waals surface area contributed by atoms with Crippen LogP contribution in [-0.2, 0) is 4.79 Å². The zero-order chi connectivity index (χ0) is 13.1. The van der Waals surface area contributed by atoms with Gasteiger partial charge in [-0.1, -0.05) is 12.1 Å². The summed E-state index contributed by atoms with van der Waals surface area (Å²) in [5.74, 6) is 0. The number of hydrogen-bond donors (Lipinski definition) is 3. The summed E-state index contributed by atoms with van der Waals surface area (Å²) in [6.45, 7) is 3.79. The second-order valence-electron chi connectivity index (χ2n) is 4.08. The number of H-pyrrole nitrogens is 1. The van der Waals surface area contributed by atoms with E-state index < -0.39 is 6.03 Å². The maximum absolute atomic E-state index is 11.2. The highest BCUT2D eigenvalue weighted by atomic mass is 16.2. The van der Waals surface area contributed by atoms with Crippen LogP contribution in [-0.4, -0.2) is 22.6 Å². The zero-order valence-corrected chi connectivity index (χ0v) is 10.2. The van der Waals surface area contributed by atoms with E-state index in [1.54, 1.807) is 0 Å². The number of carbonyl (C=O) groups is 2. The molecule has 18 heavy (non-hydrogen) atoms. The van der Waals surface area contributed by atoms with Crippen LogP contribution in [0, 0.1) is 6.92 Å². The molecule has 0 spiro atoms. The molecule has 1 atom stereocenters. The molecule has 2 aromatic rings. The first-order chi connectivity index (χ1) is 8.61. The van der Waals surface area contributed by atoms with Gasteiger partial charge < -0.3 is 5.32 Å². The van der Waals surface area contributed by atoms with Gasteiger partial charge >= 0.3 is 6.03 Å². The van der Waals surface area contributed by atoms with E-state index in [2.05, 4.69) is 15.5 Å². The molecule has 0 bridgehead atoms. The Morgan fingerprint density at radius 3 is 3.00 bits per heavy atom. The van der Waals surface area contributed by atoms with Gasteiger partial charge in [-0.3, -0.25) is 15.2 Å². The highest BCUT2D eigenvalue weighted by Crippen LogP contribution is 2.20. The Kier molecular flexibility index (Phi) is 3.27. The Morgan fingerprint density at radius 2 is 2.28 bits per heavy atom. The minimum Gasteiger partial charge on any atom is -0.331 e. The van der Waals surface area contributed by atoms with Gasteiger partial charge in [-0.15, -0.1) is 0 Å². The molecule has 6 nitrogen and oxygen atoms in total. The molecule has 0 aliphatic rings. The number of fused-ring (bicyclic) bond motifs is 1. The fraction of sp³-hybridized carbons (Fsp3) is 0.250. The summed E-state index contributed by atoms with van der Waals surface area (Å²) < 4.78 is 0. The van der Waals surface area contributed by atoms with Crippen LogP contribution in [0.1, 0.15) is 24.2 Å². The maximum Gasteiger partial charge on any atom is 0.321 e. The van der Waals surface area contributed by atoms with Gasteiger partial charge in [0.25, 0.3) is 0 Å². The fourth-order valence-electron chi connectivity index (χ4n) is 1.81. The number of rotatable bonds is 3. The standard InChI is InChI=1S/C12H14N4O2/c1-7(14-12(18)13-6-17)9-3-4-10-8(2)15-16-11(10)5-9/h3-7H,1-2H3,(H,15,16)(H2,13,14,17,18). The van der Waals surface area contributed by atoms with E-state index in [9.17, 15) is 9.59 Å². The van der Waals surface area contributed by atoms with Crippen molar-refractivity contribution >= 4 is 23.3 Å². The molecular formula is C12H14N4O2. The molecule has 0 saturated carbocycles. The highest BCUT2D eigenvalue weighted by Gasteiger charge is 2.10. The number of nitrogens with one attached hydrogen (secondary N) is 3. The lowest BCUT2D eigenvalue weighted by molar-refractivity contribution is -0.108. The van der Waals surface area contributed by atoms with Gasteiger partial charge in [-0.05, 0) is 25.5 Å². The normalized spacial score (nSPS) is 12.1. The molecule has 0 radical (unpaired) electrons. The van der Waals surface area contributed by atoms with E-state index in [0.717, 1.165) is 22.2 Å². The number of urea groups is 1. The predicted octanol–water partition coefficient (Wildman–Crippen LogP) is 1.39. The van der Waals surface area contributed by atoms with Crippen molar-refractivity contribution in [1.29, 1.82) is 0 Å². The molecule has 0 aliphatic heterocycles. The molecule has 1 aromatic carbocycles. The van der Waals surface area contributed by atoms with Crippen molar-refractivity contribution in [2.45, 2.75) is 19.9 Å². The van der Waals surface area contributed by atoms with E-state index >= 15 is 0 Å². The summed E-state index contributed by atoms with van der Waals surface area (Å²) in [4.78, 5) is 21.3. The molecule has 94 valence electrons. The molecule has 3 N–H and O–H groups in total. The topological polar surface area (TPSA) is 86.9 Å². The average Bonchev–Trinajstić information content (AvgIpc) is 2.71. The van der Waals surface area contributed by atoms with Gasteiger partial charge in [0, 0.05) is 11.1 Å². The van der Waals surface area contributed by atoms with Crippen LogP contribution >= 0.6 is 0 Å². The monoisotopic (exact) mass is 246 g/mol. The number of nitrogens with zero attached hydrogens (tertiary/aromatic N) is 1. The van der Waals surface area contributed by atoms with Gasteiger partial charge in [-0.2, -0.15) is 5.10 Å². The molecule has 1 unspecified atom stereocenters. The molecule has 2 rings (SSSR count). The molecular weight excluding hydrogens is 232 g/mol. The summed E-state index contributed by atoms with van der Waals surface area (Å²) in [6.07, 6.45) is 0.350. The Morgan fingerprint density at radius 1 is 1.50 bits per heavy atom. The van der Waals surface area contributed by atoms with Gasteiger partial charge in [-0.25, -0.2) is 4.79 Å². The van der Waals surface area contributed by atoms with Gasteiger partial charge in [0.15, 0.2) is 0 Å². The van der Waals surface area contributed by atoms with Crippen LogP contribution in [0.25, 0.3) is 10.9 Å². The highest BCUT2D eigenvalue weighted by molar-refractivity contribution is 5.85. The number of carbonyl (C=O) groups excluding carboxylic acids is 2. The molecule has 6 heteroatoms. The molecule has 0 fully saturated rings. The van der Waals surface area contributed by atoms with Crippen molar-refractivity contribution in [2.75, 3.05) is 0 Å². The number of aryl methyl sites for hydroxylation is 1. The van der Waals surface area contributed by atoms with Gasteiger partial charge in [0.2, 0.25) is 6.41 Å². The first kappa shape index (κ1) is 12.1. The van der Waals surface area contributed by atoms with Crippen LogP contribution in [0.4, 0.5) is 4.79 Å². The summed E-state index contributed by atoms with van der Waals surface area (Å²) >= 11 is 0. The number of hydrogen-bond acceptors (Lipinski definition) is 3. The summed E-state index contributed by atoms with van der Waals surface area (Å²) in [5.41, 5.74) is 2.79. The minimum atomic E-state index is -0.518. The quantitative estimate of drug-likeness (QED) is 0.715. The van der Waals surface area contributed by atoms with E-state index in [4.69, 9.17) is 0 Å². The van der Waals surface area contributed by atoms with Crippen LogP contribution in [0.5, 0.6) is 0 Å². The Bertz CT molecular complexity index is 591. The minimum absolute atomic E-state index is 0.202. The SMILES string of the molecule is Cc1[nH]nc2cc(C(C)NC(=O)NC=O)ccc12. The zero-order valence-electron chi connectivity index (χ0n) is 10.2. The smallest absolute Gasteiger partial charge is 0.321 e. The van der Waals surface area contributed by atoms with Gasteiger partial charge in [0.05, 0.1) is 11.6 Å². The lowest BCUT2D eigenvalue weighted by Gasteiger charge is -2.13. The summed E-state index contributed by atoms with van der Waals surface area (Å²) in [7, 11) is 0. The number of benzene rings is 1. The number of aromatic amines is 1. The summed E-state index contributed by atoms with van der Waals surface area (Å²) in [5, 5.41) is 12.8. The lowest BCUT2D eigenvalue weighted by atomic mass is 10.1. The second-order valence-corrected chi connectivity index (χ2v) is 4.08. The van der Waals surface area contributed by atoms with Crippen molar-refractivity contribution in [3.8, 4) is 0 Å². The molecule has 0 aliphatic carbocycles. The second kappa shape index (κ2) is 4.87. The summed E-state index contributed by atoms with van der Waals surface area (Å²) in [6, 6.07) is 5.07. The first-order valence-electron chi connectivity index (χ1n) is 5.57. The van der Waals surface area contributed by atoms with Crippen molar-refractivity contribution in [2.24, 2.45) is 0 Å². The largest absolute Gasteiger partial charge is 0.331 e. The van der Waals surface area contributed by atoms with Crippen LogP contribution in [0.2, 0.25) is 0 Å². The molecule has 1 heterocycles. The number of amides is 3. The molecule has 1 aromatic heterocycles. The van der Waals surface area contributed by atoms with Crippen molar-refractivity contribution < 1.29 is 9.59 Å². The average molecular weight is 246 g/mol. The lowest BCUT2D eigenvalue weighted by Crippen LogP contribution is -2.36. The van der Waals surface area contributed by atoms with E-state index in [1.165, 1.54) is 0 Å². The Hall–Kier alpha value is -2.37. The maximum atomic E-state index is 11.2. The number of imide groups is 1. The molecule has 0 saturated heterocycles. The third-order valence-electron chi connectivity index (χ3n) is 2.81. The Labute approximate surface area is 104 Å². The fourth-order valence-corrected chi connectivity index (χ4v) is 1.81. The van der Waals surface area contributed by atoms with E-state index in [-0.39, 0.29) is 6.04 Å². The van der Waals surface area contributed by atoms with Crippen LogP contribution in [0.3, 0.4) is 0 Å². The third kappa shape index (κ3) is 2.32. The third-order valence-corrected chi connectivity index (χ3v) is 2.81. The van der Waals surface area contributed by atoms with E-state index in [0.29, 0.717) is 6.41 Å². The van der Waals surface area contributed by atoms with Crippen molar-refractivity contribution in [3.05, 3.63) is 29.5 Å². The predicted molar refractivity (Wildman–Crippen MR) is 67.0 cm³/mol. The first-order valence-corrected chi connectivity index (χ1v) is 5.57. The molecule has 3 amide bonds. The number of aromatic nitrogens is 2. The van der Waals surface area contributed by atoms with Crippen molar-refractivity contribution in [3.63, 3.8) is 0 Å².